The van der Waals surface area contributed by atoms with Crippen LogP contribution in [0.4, 0.5) is 0 Å². The van der Waals surface area contributed by atoms with Gasteiger partial charge in [-0.05, 0) is 56.2 Å². The summed E-state index contributed by atoms with van der Waals surface area (Å²) in [7, 11) is 0. The number of piperidine rings is 1. The lowest BCUT2D eigenvalue weighted by Gasteiger charge is -2.32. The maximum absolute atomic E-state index is 11.4. The van der Waals surface area contributed by atoms with Crippen LogP contribution < -0.4 is 11.2 Å². The topological polar surface area (TPSA) is 69.0 Å². The van der Waals surface area contributed by atoms with Gasteiger partial charge in [0.1, 0.15) is 0 Å². The Morgan fingerprint density at radius 3 is 2.83 bits per heavy atom. The summed E-state index contributed by atoms with van der Waals surface area (Å²) < 4.78 is 0. The second-order valence-corrected chi connectivity index (χ2v) is 6.82. The maximum Gasteiger partial charge on any atom is 0.325 e. The highest BCUT2D eigenvalue weighted by molar-refractivity contribution is 5.25. The summed E-state index contributed by atoms with van der Waals surface area (Å²) in [5.74, 6) is 0.673. The Kier molecular flexibility index (Phi) is 5.30. The number of aromatic nitrogens is 2. The molecule has 1 fully saturated rings. The van der Waals surface area contributed by atoms with Crippen LogP contribution in [0.25, 0.3) is 0 Å². The van der Waals surface area contributed by atoms with Gasteiger partial charge >= 0.3 is 5.69 Å². The molecule has 24 heavy (non-hydrogen) atoms. The molecule has 1 aromatic carbocycles. The third kappa shape index (κ3) is 4.45. The molecule has 0 unspecified atom stereocenters. The highest BCUT2D eigenvalue weighted by Gasteiger charge is 2.20. The smallest absolute Gasteiger partial charge is 0.310 e. The van der Waals surface area contributed by atoms with Crippen LogP contribution in [-0.2, 0) is 13.0 Å². The SMILES string of the molecule is Cc1ccccc1CC[C@@H]1CCCN(Cc2cc(=O)[nH]c(=O)[nH]2)C1. The van der Waals surface area contributed by atoms with Crippen LogP contribution in [0.15, 0.2) is 39.9 Å². The second kappa shape index (κ2) is 7.62. The molecule has 1 atom stereocenters. The number of benzene rings is 1. The number of rotatable bonds is 5. The van der Waals surface area contributed by atoms with Gasteiger partial charge in [0.15, 0.2) is 0 Å². The summed E-state index contributed by atoms with van der Waals surface area (Å²) in [5.41, 5.74) is 2.75. The molecule has 0 aliphatic carbocycles. The van der Waals surface area contributed by atoms with Crippen LogP contribution >= 0.6 is 0 Å². The molecule has 1 saturated heterocycles. The van der Waals surface area contributed by atoms with E-state index in [-0.39, 0.29) is 5.56 Å². The fourth-order valence-corrected chi connectivity index (χ4v) is 3.63. The van der Waals surface area contributed by atoms with Gasteiger partial charge in [-0.1, -0.05) is 24.3 Å². The molecule has 128 valence electrons. The van der Waals surface area contributed by atoms with E-state index < -0.39 is 5.69 Å². The van der Waals surface area contributed by atoms with Crippen LogP contribution in [0.2, 0.25) is 0 Å². The Balaban J connectivity index is 1.57. The van der Waals surface area contributed by atoms with Crippen molar-refractivity contribution in [2.45, 2.75) is 39.2 Å². The minimum Gasteiger partial charge on any atom is -0.310 e. The van der Waals surface area contributed by atoms with Crippen LogP contribution in [0.3, 0.4) is 0 Å². The fourth-order valence-electron chi connectivity index (χ4n) is 3.63. The normalized spacial score (nSPS) is 18.6. The Morgan fingerprint density at radius 2 is 2.04 bits per heavy atom. The number of aromatic amines is 2. The zero-order valence-electron chi connectivity index (χ0n) is 14.2. The average molecular weight is 327 g/mol. The Hall–Kier alpha value is -2.14. The summed E-state index contributed by atoms with van der Waals surface area (Å²) in [6, 6.07) is 10.1. The fraction of sp³-hybridized carbons (Fsp3) is 0.474. The van der Waals surface area contributed by atoms with Gasteiger partial charge in [-0.15, -0.1) is 0 Å². The van der Waals surface area contributed by atoms with Crippen molar-refractivity contribution in [3.63, 3.8) is 0 Å². The third-order valence-corrected chi connectivity index (χ3v) is 4.90. The van der Waals surface area contributed by atoms with Crippen LogP contribution in [0.1, 0.15) is 36.1 Å². The molecular formula is C19H25N3O2. The van der Waals surface area contributed by atoms with E-state index in [9.17, 15) is 9.59 Å². The molecule has 1 aliphatic heterocycles. The van der Waals surface area contributed by atoms with E-state index in [1.165, 1.54) is 36.5 Å². The molecule has 0 radical (unpaired) electrons. The predicted molar refractivity (Wildman–Crippen MR) is 95.2 cm³/mol. The maximum atomic E-state index is 11.4. The summed E-state index contributed by atoms with van der Waals surface area (Å²) in [5, 5.41) is 0. The van der Waals surface area contributed by atoms with Crippen LogP contribution in [0, 0.1) is 12.8 Å². The lowest BCUT2D eigenvalue weighted by Crippen LogP contribution is -2.36. The molecule has 5 nitrogen and oxygen atoms in total. The van der Waals surface area contributed by atoms with Gasteiger partial charge in [0, 0.05) is 24.8 Å². The lowest BCUT2D eigenvalue weighted by molar-refractivity contribution is 0.160. The van der Waals surface area contributed by atoms with E-state index in [0.29, 0.717) is 18.2 Å². The van der Waals surface area contributed by atoms with Crippen molar-refractivity contribution in [3.05, 3.63) is 68.0 Å². The van der Waals surface area contributed by atoms with Crippen molar-refractivity contribution < 1.29 is 0 Å². The first kappa shape index (κ1) is 16.7. The zero-order chi connectivity index (χ0) is 16.9. The first-order valence-electron chi connectivity index (χ1n) is 8.69. The molecule has 5 heteroatoms. The van der Waals surface area contributed by atoms with Crippen molar-refractivity contribution >= 4 is 0 Å². The number of nitrogens with zero attached hydrogens (tertiary/aromatic N) is 1. The largest absolute Gasteiger partial charge is 0.325 e. The van der Waals surface area contributed by atoms with Crippen molar-refractivity contribution in [1.82, 2.24) is 14.9 Å². The van der Waals surface area contributed by atoms with E-state index in [4.69, 9.17) is 0 Å². The number of nitrogens with one attached hydrogen (secondary N) is 2. The van der Waals surface area contributed by atoms with Crippen molar-refractivity contribution in [2.24, 2.45) is 5.92 Å². The Morgan fingerprint density at radius 1 is 1.21 bits per heavy atom. The molecule has 1 aromatic heterocycles. The van der Waals surface area contributed by atoms with E-state index in [1.54, 1.807) is 0 Å². The molecule has 1 aliphatic rings. The van der Waals surface area contributed by atoms with E-state index in [2.05, 4.69) is 46.1 Å². The molecule has 2 N–H and O–H groups in total. The highest BCUT2D eigenvalue weighted by atomic mass is 16.2. The monoisotopic (exact) mass is 327 g/mol. The average Bonchev–Trinajstić information content (AvgIpc) is 2.53. The summed E-state index contributed by atoms with van der Waals surface area (Å²) >= 11 is 0. The quantitative estimate of drug-likeness (QED) is 0.885. The highest BCUT2D eigenvalue weighted by Crippen LogP contribution is 2.23. The van der Waals surface area contributed by atoms with E-state index in [0.717, 1.165) is 19.5 Å². The minimum atomic E-state index is -0.425. The van der Waals surface area contributed by atoms with Crippen LogP contribution in [0.5, 0.6) is 0 Å². The molecular weight excluding hydrogens is 302 g/mol. The molecule has 3 rings (SSSR count). The van der Waals surface area contributed by atoms with E-state index in [1.807, 2.05) is 0 Å². The summed E-state index contributed by atoms with van der Waals surface area (Å²) in [6.07, 6.45) is 4.74. The van der Waals surface area contributed by atoms with Gasteiger partial charge in [-0.3, -0.25) is 14.7 Å². The number of H-pyrrole nitrogens is 2. The van der Waals surface area contributed by atoms with Gasteiger partial charge < -0.3 is 4.98 Å². The van der Waals surface area contributed by atoms with Crippen molar-refractivity contribution in [3.8, 4) is 0 Å². The van der Waals surface area contributed by atoms with E-state index >= 15 is 0 Å². The molecule has 0 spiro atoms. The summed E-state index contributed by atoms with van der Waals surface area (Å²) in [6.45, 7) is 4.86. The van der Waals surface area contributed by atoms with Gasteiger partial charge in [0.25, 0.3) is 5.56 Å². The minimum absolute atomic E-state index is 0.332. The Labute approximate surface area is 141 Å². The predicted octanol–water partition coefficient (Wildman–Crippen LogP) is 2.22. The van der Waals surface area contributed by atoms with Crippen molar-refractivity contribution in [2.75, 3.05) is 13.1 Å². The van der Waals surface area contributed by atoms with Crippen LogP contribution in [-0.4, -0.2) is 28.0 Å². The van der Waals surface area contributed by atoms with Gasteiger partial charge in [0.05, 0.1) is 0 Å². The number of likely N-dealkylation sites (tertiary alicyclic amines) is 1. The molecule has 0 amide bonds. The van der Waals surface area contributed by atoms with Gasteiger partial charge in [0.2, 0.25) is 0 Å². The van der Waals surface area contributed by atoms with Gasteiger partial charge in [-0.2, -0.15) is 0 Å². The molecule has 2 aromatic rings. The molecule has 0 saturated carbocycles. The molecule has 2 heterocycles. The zero-order valence-corrected chi connectivity index (χ0v) is 14.2. The Bertz CT molecular complexity index is 765. The second-order valence-electron chi connectivity index (χ2n) is 6.82. The van der Waals surface area contributed by atoms with Crippen molar-refractivity contribution in [1.29, 1.82) is 0 Å². The number of hydrogen-bond donors (Lipinski definition) is 2. The first-order valence-corrected chi connectivity index (χ1v) is 8.69. The molecule has 0 bridgehead atoms. The summed E-state index contributed by atoms with van der Waals surface area (Å²) in [4.78, 5) is 30.1. The standard InChI is InChI=1S/C19H25N3O2/c1-14-5-2-3-7-16(14)9-8-15-6-4-10-22(12-15)13-17-11-18(23)21-19(24)20-17/h2-3,5,7,11,15H,4,6,8-10,12-13H2,1H3,(H2,20,21,23,24)/t15-/m0/s1. The first-order chi connectivity index (χ1) is 11.6. The lowest BCUT2D eigenvalue weighted by atomic mass is 9.90. The third-order valence-electron chi connectivity index (χ3n) is 4.90. The number of aryl methyl sites for hydroxylation is 2. The van der Waals surface area contributed by atoms with Gasteiger partial charge in [-0.25, -0.2) is 4.79 Å². The number of hydrogen-bond acceptors (Lipinski definition) is 3.